The van der Waals surface area contributed by atoms with Gasteiger partial charge in [0, 0.05) is 11.6 Å². The van der Waals surface area contributed by atoms with Gasteiger partial charge >= 0.3 is 0 Å². The fourth-order valence-corrected chi connectivity index (χ4v) is 3.01. The van der Waals surface area contributed by atoms with E-state index in [9.17, 15) is 5.26 Å². The van der Waals surface area contributed by atoms with Crippen molar-refractivity contribution in [3.8, 4) is 6.07 Å². The Morgan fingerprint density at radius 3 is 2.50 bits per heavy atom. The summed E-state index contributed by atoms with van der Waals surface area (Å²) in [5.74, 6) is 0. The van der Waals surface area contributed by atoms with Crippen molar-refractivity contribution < 1.29 is 0 Å². The first-order valence-corrected chi connectivity index (χ1v) is 6.07. The Kier molecular flexibility index (Phi) is 2.83. The van der Waals surface area contributed by atoms with Gasteiger partial charge < -0.3 is 0 Å². The van der Waals surface area contributed by atoms with Gasteiger partial charge in [0.2, 0.25) is 0 Å². The van der Waals surface area contributed by atoms with Crippen molar-refractivity contribution in [3.63, 3.8) is 0 Å². The van der Waals surface area contributed by atoms with E-state index in [1.54, 1.807) is 11.3 Å². The van der Waals surface area contributed by atoms with Crippen molar-refractivity contribution >= 4 is 11.3 Å². The van der Waals surface area contributed by atoms with Crippen LogP contribution in [-0.2, 0) is 5.41 Å². The molecule has 3 heteroatoms. The van der Waals surface area contributed by atoms with Gasteiger partial charge in [-0.05, 0) is 12.8 Å². The molecule has 2 nitrogen and oxygen atoms in total. The number of hydrogen-bond donors (Lipinski definition) is 0. The fourth-order valence-electron chi connectivity index (χ4n) is 2.17. The van der Waals surface area contributed by atoms with Crippen molar-refractivity contribution in [2.24, 2.45) is 0 Å². The molecule has 0 radical (unpaired) electrons. The molecule has 0 atom stereocenters. The van der Waals surface area contributed by atoms with Crippen LogP contribution in [0.1, 0.15) is 43.5 Å². The first-order valence-electron chi connectivity index (χ1n) is 5.19. The molecule has 0 unspecified atom stereocenters. The highest BCUT2D eigenvalue weighted by molar-refractivity contribution is 7.09. The molecule has 0 aromatic carbocycles. The first kappa shape index (κ1) is 9.67. The van der Waals surface area contributed by atoms with Gasteiger partial charge in [0.25, 0.3) is 0 Å². The Bertz CT molecular complexity index is 316. The Hall–Kier alpha value is -0.880. The second-order valence-electron chi connectivity index (χ2n) is 3.95. The van der Waals surface area contributed by atoms with Crippen LogP contribution in [0, 0.1) is 11.3 Å². The molecule has 1 aromatic rings. The lowest BCUT2D eigenvalue weighted by Gasteiger charge is -2.21. The zero-order chi connectivity index (χ0) is 9.86. The van der Waals surface area contributed by atoms with Gasteiger partial charge in [-0.15, -0.1) is 11.3 Å². The SMILES string of the molecule is N#CC1(c2nccs2)CCCCCC1. The van der Waals surface area contributed by atoms with Gasteiger partial charge in [0.1, 0.15) is 10.4 Å². The maximum atomic E-state index is 9.36. The summed E-state index contributed by atoms with van der Waals surface area (Å²) in [5.41, 5.74) is -0.259. The maximum Gasteiger partial charge on any atom is 0.113 e. The summed E-state index contributed by atoms with van der Waals surface area (Å²) >= 11 is 1.63. The van der Waals surface area contributed by atoms with Gasteiger partial charge in [-0.3, -0.25) is 0 Å². The van der Waals surface area contributed by atoms with Gasteiger partial charge in [0.15, 0.2) is 0 Å². The number of thiazole rings is 1. The van der Waals surface area contributed by atoms with Gasteiger partial charge in [-0.1, -0.05) is 25.7 Å². The summed E-state index contributed by atoms with van der Waals surface area (Å²) in [4.78, 5) is 4.32. The predicted octanol–water partition coefficient (Wildman–Crippen LogP) is 3.26. The largest absolute Gasteiger partial charge is 0.248 e. The highest BCUT2D eigenvalue weighted by Crippen LogP contribution is 2.38. The van der Waals surface area contributed by atoms with Crippen LogP contribution >= 0.6 is 11.3 Å². The third-order valence-corrected chi connectivity index (χ3v) is 3.99. The summed E-state index contributed by atoms with van der Waals surface area (Å²) in [5, 5.41) is 12.4. The van der Waals surface area contributed by atoms with Crippen molar-refractivity contribution in [2.45, 2.75) is 43.9 Å². The molecule has 0 saturated heterocycles. The molecule has 1 saturated carbocycles. The molecule has 1 aliphatic carbocycles. The van der Waals surface area contributed by atoms with Crippen LogP contribution in [0.25, 0.3) is 0 Å². The third-order valence-electron chi connectivity index (χ3n) is 3.01. The molecule has 0 bridgehead atoms. The first-order chi connectivity index (χ1) is 6.87. The van der Waals surface area contributed by atoms with Gasteiger partial charge in [0.05, 0.1) is 6.07 Å². The highest BCUT2D eigenvalue weighted by Gasteiger charge is 2.35. The zero-order valence-corrected chi connectivity index (χ0v) is 9.02. The average Bonchev–Trinajstić information content (AvgIpc) is 2.64. The van der Waals surface area contributed by atoms with Crippen LogP contribution in [0.2, 0.25) is 0 Å². The van der Waals surface area contributed by atoms with Crippen LogP contribution < -0.4 is 0 Å². The standard InChI is InChI=1S/C11H14N2S/c12-9-11(10-13-7-8-14-10)5-3-1-2-4-6-11/h7-8H,1-6H2. The summed E-state index contributed by atoms with van der Waals surface area (Å²) in [6.07, 6.45) is 8.70. The number of nitrogens with zero attached hydrogens (tertiary/aromatic N) is 2. The van der Waals surface area contributed by atoms with Gasteiger partial charge in [-0.25, -0.2) is 4.98 Å². The molecule has 0 N–H and O–H groups in total. The van der Waals surface area contributed by atoms with Crippen molar-refractivity contribution in [2.75, 3.05) is 0 Å². The topological polar surface area (TPSA) is 36.7 Å². The number of nitriles is 1. The second-order valence-corrected chi connectivity index (χ2v) is 4.84. The molecule has 0 aliphatic heterocycles. The molecule has 14 heavy (non-hydrogen) atoms. The van der Waals surface area contributed by atoms with E-state index in [2.05, 4.69) is 11.1 Å². The molecule has 74 valence electrons. The Labute approximate surface area is 88.6 Å². The minimum Gasteiger partial charge on any atom is -0.248 e. The fraction of sp³-hybridized carbons (Fsp3) is 0.636. The summed E-state index contributed by atoms with van der Waals surface area (Å²) in [6, 6.07) is 2.51. The number of hydrogen-bond acceptors (Lipinski definition) is 3. The molecule has 1 fully saturated rings. The van der Waals surface area contributed by atoms with Crippen molar-refractivity contribution in [1.82, 2.24) is 4.98 Å². The predicted molar refractivity (Wildman–Crippen MR) is 57.1 cm³/mol. The molecule has 0 amide bonds. The Morgan fingerprint density at radius 1 is 1.29 bits per heavy atom. The number of aromatic nitrogens is 1. The zero-order valence-electron chi connectivity index (χ0n) is 8.20. The van der Waals surface area contributed by atoms with E-state index in [4.69, 9.17) is 0 Å². The Balaban J connectivity index is 2.29. The smallest absolute Gasteiger partial charge is 0.113 e. The van der Waals surface area contributed by atoms with Crippen LogP contribution in [-0.4, -0.2) is 4.98 Å². The van der Waals surface area contributed by atoms with E-state index in [0.717, 1.165) is 17.8 Å². The molecule has 1 heterocycles. The molecule has 0 spiro atoms. The van der Waals surface area contributed by atoms with Crippen molar-refractivity contribution in [3.05, 3.63) is 16.6 Å². The lowest BCUT2D eigenvalue weighted by Crippen LogP contribution is -2.22. The summed E-state index contributed by atoms with van der Waals surface area (Å²) in [6.45, 7) is 0. The summed E-state index contributed by atoms with van der Waals surface area (Å²) in [7, 11) is 0. The molecular weight excluding hydrogens is 192 g/mol. The van der Waals surface area contributed by atoms with E-state index in [-0.39, 0.29) is 5.41 Å². The van der Waals surface area contributed by atoms with E-state index >= 15 is 0 Å². The normalized spacial score (nSPS) is 21.1. The lowest BCUT2D eigenvalue weighted by molar-refractivity contribution is 0.473. The van der Waals surface area contributed by atoms with Crippen molar-refractivity contribution in [1.29, 1.82) is 5.26 Å². The van der Waals surface area contributed by atoms with E-state index in [0.29, 0.717) is 0 Å². The molecular formula is C11H14N2S. The molecule has 1 aromatic heterocycles. The quantitative estimate of drug-likeness (QED) is 0.661. The van der Waals surface area contributed by atoms with E-state index < -0.39 is 0 Å². The Morgan fingerprint density at radius 2 is 2.00 bits per heavy atom. The third kappa shape index (κ3) is 1.67. The maximum absolute atomic E-state index is 9.36. The molecule has 1 aliphatic rings. The average molecular weight is 206 g/mol. The minimum atomic E-state index is -0.259. The van der Waals surface area contributed by atoms with Crippen LogP contribution in [0.3, 0.4) is 0 Å². The van der Waals surface area contributed by atoms with Gasteiger partial charge in [-0.2, -0.15) is 5.26 Å². The van der Waals surface area contributed by atoms with Crippen LogP contribution in [0.4, 0.5) is 0 Å². The lowest BCUT2D eigenvalue weighted by atomic mass is 9.82. The molecule has 2 rings (SSSR count). The van der Waals surface area contributed by atoms with E-state index in [1.807, 2.05) is 11.6 Å². The second kappa shape index (κ2) is 4.10. The van der Waals surface area contributed by atoms with E-state index in [1.165, 1.54) is 25.7 Å². The highest BCUT2D eigenvalue weighted by atomic mass is 32.1. The van der Waals surface area contributed by atoms with Crippen LogP contribution in [0.5, 0.6) is 0 Å². The monoisotopic (exact) mass is 206 g/mol. The summed E-state index contributed by atoms with van der Waals surface area (Å²) < 4.78 is 0. The van der Waals surface area contributed by atoms with Crippen LogP contribution in [0.15, 0.2) is 11.6 Å². The minimum absolute atomic E-state index is 0.259. The number of rotatable bonds is 1.